The van der Waals surface area contributed by atoms with Gasteiger partial charge in [0, 0.05) is 10.0 Å². The number of rotatable bonds is 3. The van der Waals surface area contributed by atoms with Gasteiger partial charge in [-0.1, -0.05) is 71.7 Å². The predicted octanol–water partition coefficient (Wildman–Crippen LogP) is 5.77. The summed E-state index contributed by atoms with van der Waals surface area (Å²) in [6.45, 7) is 0. The van der Waals surface area contributed by atoms with Crippen molar-refractivity contribution < 1.29 is 9.90 Å². The molecular weight excluding hydrogens is 331 g/mol. The standard InChI is InChI=1S/C19H12Cl2O2/c20-14-9-8-13(18(21)11-14)10-17(19(22)23)16-7-3-5-12-4-1-2-6-15(12)16/h1-11H,(H,22,23)/b17-10-. The molecule has 0 aliphatic rings. The van der Waals surface area contributed by atoms with Gasteiger partial charge in [-0.05, 0) is 40.1 Å². The van der Waals surface area contributed by atoms with E-state index in [1.807, 2.05) is 36.4 Å². The van der Waals surface area contributed by atoms with E-state index in [9.17, 15) is 9.90 Å². The van der Waals surface area contributed by atoms with Crippen LogP contribution in [-0.2, 0) is 4.79 Å². The smallest absolute Gasteiger partial charge is 0.336 e. The lowest BCUT2D eigenvalue weighted by molar-refractivity contribution is -0.130. The van der Waals surface area contributed by atoms with Crippen molar-refractivity contribution in [3.63, 3.8) is 0 Å². The summed E-state index contributed by atoms with van der Waals surface area (Å²) in [5.41, 5.74) is 1.45. The van der Waals surface area contributed by atoms with Gasteiger partial charge in [-0.25, -0.2) is 4.79 Å². The first-order valence-electron chi connectivity index (χ1n) is 6.94. The maximum atomic E-state index is 11.8. The van der Waals surface area contributed by atoms with E-state index < -0.39 is 5.97 Å². The molecule has 3 aromatic carbocycles. The second-order valence-corrected chi connectivity index (χ2v) is 5.90. The van der Waals surface area contributed by atoms with Gasteiger partial charge in [0.25, 0.3) is 0 Å². The van der Waals surface area contributed by atoms with Crippen molar-refractivity contribution in [2.45, 2.75) is 0 Å². The van der Waals surface area contributed by atoms with Crippen molar-refractivity contribution in [3.05, 3.63) is 81.8 Å². The number of carboxylic acids is 1. The summed E-state index contributed by atoms with van der Waals surface area (Å²) < 4.78 is 0. The molecule has 0 aliphatic heterocycles. The normalized spacial score (nSPS) is 11.7. The first kappa shape index (κ1) is 15.6. The van der Waals surface area contributed by atoms with E-state index >= 15 is 0 Å². The van der Waals surface area contributed by atoms with Gasteiger partial charge in [-0.15, -0.1) is 0 Å². The number of fused-ring (bicyclic) bond motifs is 1. The Hall–Kier alpha value is -2.29. The average Bonchev–Trinajstić information content (AvgIpc) is 2.53. The Morgan fingerprint density at radius 1 is 0.957 bits per heavy atom. The lowest BCUT2D eigenvalue weighted by Crippen LogP contribution is -2.00. The summed E-state index contributed by atoms with van der Waals surface area (Å²) in [4.78, 5) is 11.8. The third-order valence-corrected chi connectivity index (χ3v) is 4.13. The molecule has 0 saturated heterocycles. The highest BCUT2D eigenvalue weighted by Crippen LogP contribution is 2.29. The van der Waals surface area contributed by atoms with Crippen molar-refractivity contribution in [1.29, 1.82) is 0 Å². The molecule has 0 spiro atoms. The Kier molecular flexibility index (Phi) is 4.37. The minimum Gasteiger partial charge on any atom is -0.478 e. The van der Waals surface area contributed by atoms with Crippen LogP contribution in [0.25, 0.3) is 22.4 Å². The quantitative estimate of drug-likeness (QED) is 0.484. The van der Waals surface area contributed by atoms with Crippen molar-refractivity contribution in [2.75, 3.05) is 0 Å². The molecule has 23 heavy (non-hydrogen) atoms. The van der Waals surface area contributed by atoms with Crippen LogP contribution in [0.5, 0.6) is 0 Å². The van der Waals surface area contributed by atoms with Crippen LogP contribution in [0, 0.1) is 0 Å². The van der Waals surface area contributed by atoms with Gasteiger partial charge in [0.05, 0.1) is 5.57 Å². The summed E-state index contributed by atoms with van der Waals surface area (Å²) in [5.74, 6) is -1.01. The van der Waals surface area contributed by atoms with Crippen molar-refractivity contribution in [3.8, 4) is 0 Å². The van der Waals surface area contributed by atoms with Crippen molar-refractivity contribution in [2.24, 2.45) is 0 Å². The molecular formula is C19H12Cl2O2. The zero-order valence-corrected chi connectivity index (χ0v) is 13.5. The van der Waals surface area contributed by atoms with E-state index in [1.54, 1.807) is 30.3 Å². The highest BCUT2D eigenvalue weighted by molar-refractivity contribution is 6.36. The summed E-state index contributed by atoms with van der Waals surface area (Å²) >= 11 is 12.1. The van der Waals surface area contributed by atoms with Crippen LogP contribution in [0.2, 0.25) is 10.0 Å². The zero-order chi connectivity index (χ0) is 16.4. The number of carboxylic acid groups (broad SMARTS) is 1. The summed E-state index contributed by atoms with van der Waals surface area (Å²) in [6, 6.07) is 18.3. The molecule has 0 radical (unpaired) electrons. The molecule has 0 saturated carbocycles. The molecule has 3 rings (SSSR count). The molecule has 0 fully saturated rings. The minimum absolute atomic E-state index is 0.186. The van der Waals surface area contributed by atoms with Crippen LogP contribution in [0.4, 0.5) is 0 Å². The fourth-order valence-electron chi connectivity index (χ4n) is 2.49. The fraction of sp³-hybridized carbons (Fsp3) is 0. The van der Waals surface area contributed by atoms with E-state index in [0.717, 1.165) is 10.8 Å². The van der Waals surface area contributed by atoms with Gasteiger partial charge in [0.15, 0.2) is 0 Å². The molecule has 0 amide bonds. The van der Waals surface area contributed by atoms with Gasteiger partial charge >= 0.3 is 5.97 Å². The lowest BCUT2D eigenvalue weighted by atomic mass is 9.96. The molecule has 0 bridgehead atoms. The average molecular weight is 343 g/mol. The number of hydrogen-bond donors (Lipinski definition) is 1. The highest BCUT2D eigenvalue weighted by Gasteiger charge is 2.14. The van der Waals surface area contributed by atoms with E-state index in [0.29, 0.717) is 21.2 Å². The number of benzene rings is 3. The lowest BCUT2D eigenvalue weighted by Gasteiger charge is -2.08. The second kappa shape index (κ2) is 6.45. The van der Waals surface area contributed by atoms with Crippen LogP contribution in [-0.4, -0.2) is 11.1 Å². The maximum absolute atomic E-state index is 11.8. The molecule has 3 aromatic rings. The Morgan fingerprint density at radius 3 is 2.43 bits per heavy atom. The topological polar surface area (TPSA) is 37.3 Å². The molecule has 0 aliphatic carbocycles. The van der Waals surface area contributed by atoms with Crippen LogP contribution in [0.15, 0.2) is 60.7 Å². The molecule has 1 N–H and O–H groups in total. The third kappa shape index (κ3) is 3.24. The molecule has 2 nitrogen and oxygen atoms in total. The first-order chi connectivity index (χ1) is 11.1. The maximum Gasteiger partial charge on any atom is 0.336 e. The molecule has 0 heterocycles. The second-order valence-electron chi connectivity index (χ2n) is 5.06. The van der Waals surface area contributed by atoms with Gasteiger partial charge in [0.1, 0.15) is 0 Å². The van der Waals surface area contributed by atoms with Crippen LogP contribution >= 0.6 is 23.2 Å². The Bertz CT molecular complexity index is 924. The van der Waals surface area contributed by atoms with Crippen molar-refractivity contribution >= 4 is 51.6 Å². The number of carbonyl (C=O) groups is 1. The van der Waals surface area contributed by atoms with Crippen LogP contribution < -0.4 is 0 Å². The molecule has 114 valence electrons. The molecule has 0 aromatic heterocycles. The Balaban J connectivity index is 2.22. The van der Waals surface area contributed by atoms with Gasteiger partial charge < -0.3 is 5.11 Å². The molecule has 0 atom stereocenters. The van der Waals surface area contributed by atoms with Crippen LogP contribution in [0.3, 0.4) is 0 Å². The Morgan fingerprint density at radius 2 is 1.70 bits per heavy atom. The molecule has 0 unspecified atom stereocenters. The largest absolute Gasteiger partial charge is 0.478 e. The summed E-state index contributed by atoms with van der Waals surface area (Å²) in [7, 11) is 0. The summed E-state index contributed by atoms with van der Waals surface area (Å²) in [6.07, 6.45) is 1.57. The van der Waals surface area contributed by atoms with E-state index in [2.05, 4.69) is 0 Å². The Labute approximate surface area is 143 Å². The van der Waals surface area contributed by atoms with Crippen LogP contribution in [0.1, 0.15) is 11.1 Å². The van der Waals surface area contributed by atoms with E-state index in [1.165, 1.54) is 0 Å². The number of aliphatic carboxylic acids is 1. The minimum atomic E-state index is -1.01. The highest BCUT2D eigenvalue weighted by atomic mass is 35.5. The van der Waals surface area contributed by atoms with Crippen molar-refractivity contribution in [1.82, 2.24) is 0 Å². The van der Waals surface area contributed by atoms with Gasteiger partial charge in [-0.3, -0.25) is 0 Å². The fourth-order valence-corrected chi connectivity index (χ4v) is 2.95. The third-order valence-electron chi connectivity index (χ3n) is 3.57. The summed E-state index contributed by atoms with van der Waals surface area (Å²) in [5, 5.41) is 12.4. The van der Waals surface area contributed by atoms with Gasteiger partial charge in [0.2, 0.25) is 0 Å². The SMILES string of the molecule is O=C(O)/C(=C\c1ccc(Cl)cc1Cl)c1cccc2ccccc12. The first-order valence-corrected chi connectivity index (χ1v) is 7.70. The van der Waals surface area contributed by atoms with E-state index in [4.69, 9.17) is 23.2 Å². The zero-order valence-electron chi connectivity index (χ0n) is 12.0. The van der Waals surface area contributed by atoms with Gasteiger partial charge in [-0.2, -0.15) is 0 Å². The number of hydrogen-bond acceptors (Lipinski definition) is 1. The monoisotopic (exact) mass is 342 g/mol. The van der Waals surface area contributed by atoms with E-state index in [-0.39, 0.29) is 5.57 Å². The number of halogens is 2. The predicted molar refractivity (Wildman–Crippen MR) is 95.9 cm³/mol. The molecule has 4 heteroatoms.